The lowest BCUT2D eigenvalue weighted by Gasteiger charge is -2.07. The first-order valence-corrected chi connectivity index (χ1v) is 10.2. The highest BCUT2D eigenvalue weighted by Crippen LogP contribution is 2.28. The summed E-state index contributed by atoms with van der Waals surface area (Å²) in [6.07, 6.45) is 0. The number of thioether (sulfide) groups is 1. The zero-order chi connectivity index (χ0) is 19.6. The molecule has 2 N–H and O–H groups in total. The molecule has 0 aliphatic carbocycles. The number of ether oxygens (including phenoxy) is 1. The molecule has 1 atom stereocenters. The van der Waals surface area contributed by atoms with E-state index in [1.54, 1.807) is 39.0 Å². The van der Waals surface area contributed by atoms with Crippen LogP contribution in [0.1, 0.15) is 46.0 Å². The molecule has 0 spiro atoms. The topological polar surface area (TPSA) is 101 Å². The number of nitrogens with zero attached hydrogens (tertiary/aromatic N) is 2. The molecule has 7 nitrogen and oxygen atoms in total. The highest BCUT2D eigenvalue weighted by atomic mass is 32.2. The van der Waals surface area contributed by atoms with Crippen molar-refractivity contribution >= 4 is 34.9 Å². The van der Waals surface area contributed by atoms with Crippen molar-refractivity contribution in [3.05, 3.63) is 40.0 Å². The maximum absolute atomic E-state index is 12.9. The van der Waals surface area contributed by atoms with Crippen molar-refractivity contribution in [3.8, 4) is 10.7 Å². The van der Waals surface area contributed by atoms with E-state index in [1.165, 1.54) is 11.8 Å². The van der Waals surface area contributed by atoms with Gasteiger partial charge in [-0.15, -0.1) is 16.4 Å². The summed E-state index contributed by atoms with van der Waals surface area (Å²) in [5, 5.41) is 9.14. The predicted octanol–water partition coefficient (Wildman–Crippen LogP) is 4.02. The molecule has 3 rings (SSSR count). The van der Waals surface area contributed by atoms with Gasteiger partial charge in [-0.05, 0) is 44.7 Å². The molecule has 0 aliphatic heterocycles. The maximum Gasteiger partial charge on any atom is 0.340 e. The van der Waals surface area contributed by atoms with Crippen LogP contribution in [0.5, 0.6) is 0 Å². The molecular formula is C18H20N4O3S2. The zero-order valence-corrected chi connectivity index (χ0v) is 17.1. The van der Waals surface area contributed by atoms with Crippen LogP contribution in [0.4, 0.5) is 0 Å². The summed E-state index contributed by atoms with van der Waals surface area (Å²) in [5.74, 6) is 0.153. The van der Waals surface area contributed by atoms with Gasteiger partial charge in [0.2, 0.25) is 5.16 Å². The summed E-state index contributed by atoms with van der Waals surface area (Å²) in [6.45, 7) is 7.35. The third-order valence-electron chi connectivity index (χ3n) is 4.03. The van der Waals surface area contributed by atoms with E-state index in [1.807, 2.05) is 17.5 Å². The van der Waals surface area contributed by atoms with Crippen LogP contribution in [0.3, 0.4) is 0 Å². The molecule has 0 unspecified atom stereocenters. The minimum Gasteiger partial charge on any atom is -0.462 e. The van der Waals surface area contributed by atoms with Gasteiger partial charge in [-0.25, -0.2) is 9.78 Å². The van der Waals surface area contributed by atoms with Crippen molar-refractivity contribution in [1.82, 2.24) is 20.2 Å². The van der Waals surface area contributed by atoms with Gasteiger partial charge in [-0.2, -0.15) is 0 Å². The van der Waals surface area contributed by atoms with Crippen LogP contribution < -0.4 is 0 Å². The second kappa shape index (κ2) is 8.10. The van der Waals surface area contributed by atoms with Crippen LogP contribution in [-0.2, 0) is 4.74 Å². The smallest absolute Gasteiger partial charge is 0.340 e. The van der Waals surface area contributed by atoms with Gasteiger partial charge in [-0.3, -0.25) is 9.89 Å². The summed E-state index contributed by atoms with van der Waals surface area (Å²) < 4.78 is 5.08. The zero-order valence-electron chi connectivity index (χ0n) is 15.5. The molecule has 3 heterocycles. The van der Waals surface area contributed by atoms with Crippen LogP contribution in [-0.4, -0.2) is 43.8 Å². The van der Waals surface area contributed by atoms with Gasteiger partial charge in [0.1, 0.15) is 0 Å². The number of hydrogen-bond donors (Lipinski definition) is 2. The van der Waals surface area contributed by atoms with Crippen LogP contribution in [0.2, 0.25) is 0 Å². The van der Waals surface area contributed by atoms with Gasteiger partial charge in [0.05, 0.1) is 28.0 Å². The summed E-state index contributed by atoms with van der Waals surface area (Å²) in [5.41, 5.74) is 2.09. The Balaban J connectivity index is 1.76. The minimum atomic E-state index is -0.419. The van der Waals surface area contributed by atoms with E-state index in [0.717, 1.165) is 4.88 Å². The second-order valence-electron chi connectivity index (χ2n) is 5.91. The lowest BCUT2D eigenvalue weighted by molar-refractivity contribution is 0.0525. The molecule has 0 aromatic carbocycles. The quantitative estimate of drug-likeness (QED) is 0.350. The summed E-state index contributed by atoms with van der Waals surface area (Å²) in [4.78, 5) is 33.5. The maximum atomic E-state index is 12.9. The van der Waals surface area contributed by atoms with Crippen molar-refractivity contribution in [2.24, 2.45) is 0 Å². The first-order valence-electron chi connectivity index (χ1n) is 8.45. The van der Waals surface area contributed by atoms with Gasteiger partial charge in [-0.1, -0.05) is 17.8 Å². The molecule has 0 aliphatic rings. The van der Waals surface area contributed by atoms with Gasteiger partial charge < -0.3 is 9.72 Å². The number of rotatable bonds is 7. The van der Waals surface area contributed by atoms with Gasteiger partial charge in [0.25, 0.3) is 0 Å². The van der Waals surface area contributed by atoms with E-state index in [-0.39, 0.29) is 12.4 Å². The Hall–Kier alpha value is -2.39. The van der Waals surface area contributed by atoms with E-state index >= 15 is 0 Å². The Morgan fingerprint density at radius 3 is 2.81 bits per heavy atom. The van der Waals surface area contributed by atoms with E-state index in [4.69, 9.17) is 4.74 Å². The van der Waals surface area contributed by atoms with Crippen molar-refractivity contribution < 1.29 is 14.3 Å². The average Bonchev–Trinajstić information content (AvgIpc) is 3.35. The molecule has 3 aromatic rings. The van der Waals surface area contributed by atoms with Crippen molar-refractivity contribution in [3.63, 3.8) is 0 Å². The Kier molecular flexibility index (Phi) is 5.81. The molecule has 3 aromatic heterocycles. The molecule has 0 saturated heterocycles. The fourth-order valence-electron chi connectivity index (χ4n) is 2.74. The highest BCUT2D eigenvalue weighted by molar-refractivity contribution is 8.00. The first-order chi connectivity index (χ1) is 12.9. The number of esters is 1. The van der Waals surface area contributed by atoms with E-state index in [9.17, 15) is 9.59 Å². The Morgan fingerprint density at radius 1 is 1.37 bits per heavy atom. The fraction of sp³-hybridized carbons (Fsp3) is 0.333. The molecular weight excluding hydrogens is 384 g/mol. The van der Waals surface area contributed by atoms with E-state index in [2.05, 4.69) is 20.2 Å². The molecule has 27 heavy (non-hydrogen) atoms. The molecule has 0 radical (unpaired) electrons. The number of aromatic amines is 2. The normalized spacial score (nSPS) is 12.1. The first kappa shape index (κ1) is 19.4. The third-order valence-corrected chi connectivity index (χ3v) is 5.87. The molecule has 9 heteroatoms. The summed E-state index contributed by atoms with van der Waals surface area (Å²) >= 11 is 2.84. The fourth-order valence-corrected chi connectivity index (χ4v) is 4.19. The summed E-state index contributed by atoms with van der Waals surface area (Å²) in [6, 6.07) is 3.90. The minimum absolute atomic E-state index is 0.112. The Morgan fingerprint density at radius 2 is 2.15 bits per heavy atom. The number of carbonyl (C=O) groups is 2. The number of aromatic nitrogens is 4. The number of H-pyrrole nitrogens is 2. The SMILES string of the molecule is CCOC(=O)c1c(C)[nH]c(C(=O)[C@@H](C)Sc2n[nH]c(-c3cccs3)n2)c1C. The van der Waals surface area contributed by atoms with Crippen LogP contribution in [0.25, 0.3) is 10.7 Å². The number of Topliss-reactive ketones (excluding diaryl/α,β-unsaturated/α-hetero) is 1. The van der Waals surface area contributed by atoms with Crippen molar-refractivity contribution in [1.29, 1.82) is 0 Å². The van der Waals surface area contributed by atoms with Crippen molar-refractivity contribution in [2.45, 2.75) is 38.1 Å². The van der Waals surface area contributed by atoms with Gasteiger partial charge in [0.15, 0.2) is 11.6 Å². The second-order valence-corrected chi connectivity index (χ2v) is 8.17. The van der Waals surface area contributed by atoms with Gasteiger partial charge in [0, 0.05) is 5.69 Å². The summed E-state index contributed by atoms with van der Waals surface area (Å²) in [7, 11) is 0. The Bertz CT molecular complexity index is 960. The molecule has 0 saturated carbocycles. The van der Waals surface area contributed by atoms with E-state index in [0.29, 0.717) is 33.5 Å². The van der Waals surface area contributed by atoms with Crippen LogP contribution >= 0.6 is 23.1 Å². The standard InChI is InChI=1S/C18H20N4O3S2/c1-5-25-17(24)13-9(2)14(19-10(13)3)15(23)11(4)27-18-20-16(21-22-18)12-7-6-8-26-12/h6-8,11,19H,5H2,1-4H3,(H,20,21,22)/t11-/m1/s1. The number of carbonyl (C=O) groups excluding carboxylic acids is 2. The number of nitrogens with one attached hydrogen (secondary N) is 2. The molecule has 0 fully saturated rings. The number of ketones is 1. The molecule has 0 amide bonds. The van der Waals surface area contributed by atoms with Gasteiger partial charge >= 0.3 is 5.97 Å². The number of hydrogen-bond acceptors (Lipinski definition) is 7. The third kappa shape index (κ3) is 3.98. The van der Waals surface area contributed by atoms with Crippen LogP contribution in [0.15, 0.2) is 22.7 Å². The van der Waals surface area contributed by atoms with Crippen molar-refractivity contribution in [2.75, 3.05) is 6.61 Å². The Labute approximate surface area is 164 Å². The monoisotopic (exact) mass is 404 g/mol. The predicted molar refractivity (Wildman–Crippen MR) is 106 cm³/mol. The lowest BCUT2D eigenvalue weighted by Crippen LogP contribution is -2.16. The molecule has 142 valence electrons. The largest absolute Gasteiger partial charge is 0.462 e. The number of thiophene rings is 1. The van der Waals surface area contributed by atoms with Crippen LogP contribution in [0, 0.1) is 13.8 Å². The highest BCUT2D eigenvalue weighted by Gasteiger charge is 2.27. The lowest BCUT2D eigenvalue weighted by atomic mass is 10.1. The van der Waals surface area contributed by atoms with E-state index < -0.39 is 11.2 Å². The average molecular weight is 405 g/mol. The molecule has 0 bridgehead atoms. The number of aryl methyl sites for hydroxylation is 1.